The van der Waals surface area contributed by atoms with E-state index in [4.69, 9.17) is 0 Å². The molecule has 3 nitrogen and oxygen atoms in total. The van der Waals surface area contributed by atoms with Gasteiger partial charge in [0.05, 0.1) is 12.2 Å². The number of hydrogen-bond donors (Lipinski definition) is 1. The molecule has 2 aromatic rings. The van der Waals surface area contributed by atoms with Gasteiger partial charge in [0.25, 0.3) is 0 Å². The highest BCUT2D eigenvalue weighted by molar-refractivity contribution is 9.10. The van der Waals surface area contributed by atoms with Gasteiger partial charge in [0, 0.05) is 22.3 Å². The Hall–Kier alpha value is -1.20. The van der Waals surface area contributed by atoms with Crippen LogP contribution in [0.2, 0.25) is 0 Å². The molecular formula is C14H17BrFN3. The van der Waals surface area contributed by atoms with E-state index in [-0.39, 0.29) is 5.82 Å². The summed E-state index contributed by atoms with van der Waals surface area (Å²) in [4.78, 5) is 0. The van der Waals surface area contributed by atoms with Crippen molar-refractivity contribution in [2.75, 3.05) is 7.05 Å². The van der Waals surface area contributed by atoms with Gasteiger partial charge in [-0.2, -0.15) is 5.10 Å². The van der Waals surface area contributed by atoms with Gasteiger partial charge in [-0.25, -0.2) is 4.39 Å². The largest absolute Gasteiger partial charge is 0.316 e. The van der Waals surface area contributed by atoms with Gasteiger partial charge in [-0.3, -0.25) is 4.68 Å². The fraction of sp³-hybridized carbons (Fsp3) is 0.357. The zero-order valence-electron chi connectivity index (χ0n) is 11.3. The van der Waals surface area contributed by atoms with Crippen molar-refractivity contribution in [3.63, 3.8) is 0 Å². The van der Waals surface area contributed by atoms with Crippen molar-refractivity contribution >= 4 is 15.9 Å². The first-order valence-corrected chi connectivity index (χ1v) is 6.93. The highest BCUT2D eigenvalue weighted by Crippen LogP contribution is 2.21. The Bertz CT molecular complexity index is 593. The van der Waals surface area contributed by atoms with Crippen LogP contribution in [0.3, 0.4) is 0 Å². The molecular weight excluding hydrogens is 309 g/mol. The average molecular weight is 326 g/mol. The number of nitrogens with zero attached hydrogens (tertiary/aromatic N) is 2. The number of aromatic nitrogens is 2. The summed E-state index contributed by atoms with van der Waals surface area (Å²) in [5.74, 6) is -0.227. The lowest BCUT2D eigenvalue weighted by Gasteiger charge is -2.08. The van der Waals surface area contributed by atoms with Gasteiger partial charge in [0.15, 0.2) is 0 Å². The Morgan fingerprint density at radius 3 is 2.79 bits per heavy atom. The summed E-state index contributed by atoms with van der Waals surface area (Å²) < 4.78 is 16.1. The van der Waals surface area contributed by atoms with Crippen LogP contribution < -0.4 is 5.32 Å². The summed E-state index contributed by atoms with van der Waals surface area (Å²) in [6, 6.07) is 4.71. The first-order chi connectivity index (χ1) is 9.02. The molecule has 0 atom stereocenters. The van der Waals surface area contributed by atoms with E-state index in [2.05, 4.69) is 26.3 Å². The third kappa shape index (κ3) is 3.04. The van der Waals surface area contributed by atoms with Crippen LogP contribution in [0.25, 0.3) is 0 Å². The molecule has 0 amide bonds. The highest BCUT2D eigenvalue weighted by Gasteiger charge is 2.12. The Balaban J connectivity index is 2.33. The number of nitrogens with one attached hydrogen (secondary N) is 1. The van der Waals surface area contributed by atoms with E-state index in [0.29, 0.717) is 6.54 Å². The van der Waals surface area contributed by atoms with E-state index in [0.717, 1.165) is 28.0 Å². The maximum absolute atomic E-state index is 13.3. The number of benzene rings is 1. The van der Waals surface area contributed by atoms with Gasteiger partial charge in [-0.15, -0.1) is 0 Å². The normalized spacial score (nSPS) is 11.0. The molecule has 0 saturated heterocycles. The summed E-state index contributed by atoms with van der Waals surface area (Å²) in [7, 11) is 1.92. The molecule has 19 heavy (non-hydrogen) atoms. The molecule has 0 bridgehead atoms. The molecule has 1 aromatic heterocycles. The lowest BCUT2D eigenvalue weighted by Crippen LogP contribution is -2.08. The SMILES string of the molecule is CNCc1c(C)nn(Cc2cc(F)ccc2Br)c1C. The minimum atomic E-state index is -0.227. The average Bonchev–Trinajstić information content (AvgIpc) is 2.62. The van der Waals surface area contributed by atoms with Gasteiger partial charge in [0.1, 0.15) is 5.82 Å². The fourth-order valence-corrected chi connectivity index (χ4v) is 2.52. The zero-order chi connectivity index (χ0) is 14.0. The topological polar surface area (TPSA) is 29.9 Å². The third-order valence-electron chi connectivity index (χ3n) is 3.21. The summed E-state index contributed by atoms with van der Waals surface area (Å²) in [6.45, 7) is 5.40. The minimum Gasteiger partial charge on any atom is -0.316 e. The fourth-order valence-electron chi connectivity index (χ4n) is 2.15. The molecule has 0 spiro atoms. The van der Waals surface area contributed by atoms with Crippen LogP contribution in [0.4, 0.5) is 4.39 Å². The molecule has 5 heteroatoms. The molecule has 1 N–H and O–H groups in total. The second-order valence-electron chi connectivity index (χ2n) is 4.57. The van der Waals surface area contributed by atoms with Crippen LogP contribution >= 0.6 is 15.9 Å². The van der Waals surface area contributed by atoms with E-state index in [1.165, 1.54) is 17.7 Å². The summed E-state index contributed by atoms with van der Waals surface area (Å²) in [5.41, 5.74) is 4.22. The van der Waals surface area contributed by atoms with Crippen LogP contribution in [0.5, 0.6) is 0 Å². The van der Waals surface area contributed by atoms with Crippen LogP contribution in [0.1, 0.15) is 22.5 Å². The summed E-state index contributed by atoms with van der Waals surface area (Å²) in [5, 5.41) is 7.67. The molecule has 0 fully saturated rings. The Morgan fingerprint density at radius 1 is 1.37 bits per heavy atom. The second kappa shape index (κ2) is 5.84. The van der Waals surface area contributed by atoms with Crippen molar-refractivity contribution in [1.82, 2.24) is 15.1 Å². The summed E-state index contributed by atoms with van der Waals surface area (Å²) >= 11 is 3.45. The maximum atomic E-state index is 13.3. The zero-order valence-corrected chi connectivity index (χ0v) is 12.9. The second-order valence-corrected chi connectivity index (χ2v) is 5.43. The van der Waals surface area contributed by atoms with Crippen molar-refractivity contribution in [3.05, 3.63) is 51.0 Å². The standard InChI is InChI=1S/C14H17BrFN3/c1-9-13(7-17-3)10(2)19(18-9)8-11-6-12(16)4-5-14(11)15/h4-6,17H,7-8H2,1-3H3. The van der Waals surface area contributed by atoms with Crippen LogP contribution in [-0.4, -0.2) is 16.8 Å². The number of hydrogen-bond acceptors (Lipinski definition) is 2. The molecule has 0 radical (unpaired) electrons. The monoisotopic (exact) mass is 325 g/mol. The Kier molecular flexibility index (Phi) is 4.37. The molecule has 0 aliphatic rings. The van der Waals surface area contributed by atoms with Crippen LogP contribution in [0.15, 0.2) is 22.7 Å². The molecule has 1 heterocycles. The van der Waals surface area contributed by atoms with E-state index in [1.807, 2.05) is 25.6 Å². The van der Waals surface area contributed by atoms with E-state index in [9.17, 15) is 4.39 Å². The first kappa shape index (κ1) is 14.2. The maximum Gasteiger partial charge on any atom is 0.123 e. The molecule has 0 unspecified atom stereocenters. The lowest BCUT2D eigenvalue weighted by atomic mass is 10.2. The van der Waals surface area contributed by atoms with Crippen molar-refractivity contribution < 1.29 is 4.39 Å². The third-order valence-corrected chi connectivity index (χ3v) is 3.99. The number of halogens is 2. The van der Waals surface area contributed by atoms with Gasteiger partial charge in [-0.05, 0) is 44.7 Å². The Labute approximate surface area is 121 Å². The quantitative estimate of drug-likeness (QED) is 0.935. The molecule has 2 rings (SSSR count). The molecule has 1 aromatic carbocycles. The van der Waals surface area contributed by atoms with Crippen molar-refractivity contribution in [1.29, 1.82) is 0 Å². The summed E-state index contributed by atoms with van der Waals surface area (Å²) in [6.07, 6.45) is 0. The van der Waals surface area contributed by atoms with Crippen molar-refractivity contribution in [2.24, 2.45) is 0 Å². The van der Waals surface area contributed by atoms with E-state index in [1.54, 1.807) is 6.07 Å². The number of rotatable bonds is 4. The number of aryl methyl sites for hydroxylation is 1. The van der Waals surface area contributed by atoms with Crippen molar-refractivity contribution in [3.8, 4) is 0 Å². The van der Waals surface area contributed by atoms with E-state index < -0.39 is 0 Å². The van der Waals surface area contributed by atoms with Gasteiger partial charge < -0.3 is 5.32 Å². The van der Waals surface area contributed by atoms with Gasteiger partial charge in [0.2, 0.25) is 0 Å². The lowest BCUT2D eigenvalue weighted by molar-refractivity contribution is 0.614. The van der Waals surface area contributed by atoms with Crippen LogP contribution in [-0.2, 0) is 13.1 Å². The Morgan fingerprint density at radius 2 is 2.11 bits per heavy atom. The minimum absolute atomic E-state index is 0.227. The first-order valence-electron chi connectivity index (χ1n) is 6.14. The van der Waals surface area contributed by atoms with Gasteiger partial charge >= 0.3 is 0 Å². The highest BCUT2D eigenvalue weighted by atomic mass is 79.9. The smallest absolute Gasteiger partial charge is 0.123 e. The predicted octanol–water partition coefficient (Wildman–Crippen LogP) is 3.17. The van der Waals surface area contributed by atoms with Crippen molar-refractivity contribution in [2.45, 2.75) is 26.9 Å². The molecule has 0 aliphatic heterocycles. The van der Waals surface area contributed by atoms with Crippen LogP contribution in [0, 0.1) is 19.7 Å². The predicted molar refractivity (Wildman–Crippen MR) is 77.7 cm³/mol. The molecule has 0 aliphatic carbocycles. The molecule has 102 valence electrons. The van der Waals surface area contributed by atoms with E-state index >= 15 is 0 Å². The van der Waals surface area contributed by atoms with Gasteiger partial charge in [-0.1, -0.05) is 15.9 Å². The molecule has 0 saturated carbocycles.